The van der Waals surface area contributed by atoms with Crippen LogP contribution in [0.1, 0.15) is 36.7 Å². The molecule has 0 aliphatic rings. The number of sulfone groups is 1. The largest absolute Gasteiger partial charge is 0.478 e. The second-order valence-electron chi connectivity index (χ2n) is 6.35. The Bertz CT molecular complexity index is 1200. The molecule has 0 fully saturated rings. The molecule has 3 aromatic rings. The average Bonchev–Trinajstić information content (AvgIpc) is 2.60. The van der Waals surface area contributed by atoms with Gasteiger partial charge in [0, 0.05) is 0 Å². The Labute approximate surface area is 150 Å². The third kappa shape index (κ3) is 2.78. The number of aromatic carboxylic acids is 1. The monoisotopic (exact) mass is 374 g/mol. The van der Waals surface area contributed by atoms with E-state index in [0.717, 1.165) is 0 Å². The fourth-order valence-electron chi connectivity index (χ4n) is 2.83. The van der Waals surface area contributed by atoms with Crippen molar-refractivity contribution in [2.75, 3.05) is 0 Å². The highest BCUT2D eigenvalue weighted by molar-refractivity contribution is 7.92. The number of rotatable bonds is 4. The van der Waals surface area contributed by atoms with Crippen molar-refractivity contribution in [2.24, 2.45) is 0 Å². The third-order valence-corrected chi connectivity index (χ3v) is 6.53. The first-order valence-electron chi connectivity index (χ1n) is 8.17. The van der Waals surface area contributed by atoms with Gasteiger partial charge in [-0.3, -0.25) is 4.79 Å². The van der Waals surface area contributed by atoms with Gasteiger partial charge in [-0.15, -0.1) is 0 Å². The van der Waals surface area contributed by atoms with Crippen molar-refractivity contribution in [2.45, 2.75) is 37.3 Å². The van der Waals surface area contributed by atoms with Crippen LogP contribution in [0.3, 0.4) is 0 Å². The van der Waals surface area contributed by atoms with E-state index in [1.807, 2.05) is 6.92 Å². The number of fused-ring (bicyclic) bond motifs is 2. The van der Waals surface area contributed by atoms with Crippen LogP contribution in [-0.2, 0) is 16.3 Å². The van der Waals surface area contributed by atoms with Crippen molar-refractivity contribution in [1.29, 1.82) is 0 Å². The zero-order valence-electron chi connectivity index (χ0n) is 14.6. The molecule has 0 spiro atoms. The Hall–Kier alpha value is -2.67. The molecular weight excluding hydrogens is 356 g/mol. The SMILES string of the molecule is CCc1cc(S(=O)(=O)C(C)C)cc2c(=O)c3cc(C(=O)O)ccc3oc12. The number of hydrogen-bond acceptors (Lipinski definition) is 5. The van der Waals surface area contributed by atoms with Gasteiger partial charge in [0.15, 0.2) is 9.84 Å². The molecule has 136 valence electrons. The summed E-state index contributed by atoms with van der Waals surface area (Å²) in [4.78, 5) is 24.2. The molecule has 0 bridgehead atoms. The average molecular weight is 374 g/mol. The highest BCUT2D eigenvalue weighted by Crippen LogP contribution is 2.28. The predicted molar refractivity (Wildman–Crippen MR) is 98.6 cm³/mol. The zero-order chi connectivity index (χ0) is 19.2. The van der Waals surface area contributed by atoms with Gasteiger partial charge in [0.1, 0.15) is 11.2 Å². The Kier molecular flexibility index (Phi) is 4.36. The van der Waals surface area contributed by atoms with Gasteiger partial charge in [0.05, 0.1) is 26.5 Å². The molecular formula is C19H18O6S. The maximum absolute atomic E-state index is 12.9. The van der Waals surface area contributed by atoms with E-state index in [9.17, 15) is 18.0 Å². The molecule has 0 saturated carbocycles. The normalized spacial score (nSPS) is 12.2. The van der Waals surface area contributed by atoms with Crippen LogP contribution < -0.4 is 5.43 Å². The Balaban J connectivity index is 2.46. The number of carbonyl (C=O) groups is 1. The first-order valence-corrected chi connectivity index (χ1v) is 9.72. The van der Waals surface area contributed by atoms with Crippen LogP contribution in [0.5, 0.6) is 0 Å². The minimum atomic E-state index is -3.57. The highest BCUT2D eigenvalue weighted by atomic mass is 32.2. The smallest absolute Gasteiger partial charge is 0.335 e. The summed E-state index contributed by atoms with van der Waals surface area (Å²) in [6.07, 6.45) is 0.486. The van der Waals surface area contributed by atoms with Gasteiger partial charge in [0.25, 0.3) is 0 Å². The molecule has 0 aliphatic carbocycles. The number of aryl methyl sites for hydroxylation is 1. The van der Waals surface area contributed by atoms with Crippen molar-refractivity contribution in [1.82, 2.24) is 0 Å². The summed E-state index contributed by atoms with van der Waals surface area (Å²) in [5.41, 5.74) is 0.728. The predicted octanol–water partition coefficient (Wildman–Crippen LogP) is 3.39. The summed E-state index contributed by atoms with van der Waals surface area (Å²) in [6.45, 7) is 5.00. The molecule has 0 unspecified atom stereocenters. The molecule has 3 rings (SSSR count). The highest BCUT2D eigenvalue weighted by Gasteiger charge is 2.23. The Morgan fingerprint density at radius 1 is 1.15 bits per heavy atom. The van der Waals surface area contributed by atoms with E-state index >= 15 is 0 Å². The topological polar surface area (TPSA) is 102 Å². The maximum atomic E-state index is 12.9. The molecule has 2 aromatic carbocycles. The molecule has 0 atom stereocenters. The maximum Gasteiger partial charge on any atom is 0.335 e. The lowest BCUT2D eigenvalue weighted by molar-refractivity contribution is 0.0697. The van der Waals surface area contributed by atoms with E-state index in [1.54, 1.807) is 13.8 Å². The summed E-state index contributed by atoms with van der Waals surface area (Å²) in [6, 6.07) is 6.92. The molecule has 0 radical (unpaired) electrons. The van der Waals surface area contributed by atoms with Crippen molar-refractivity contribution >= 4 is 37.7 Å². The van der Waals surface area contributed by atoms with Gasteiger partial charge in [-0.05, 0) is 56.2 Å². The summed E-state index contributed by atoms with van der Waals surface area (Å²) >= 11 is 0. The van der Waals surface area contributed by atoms with Gasteiger partial charge in [0.2, 0.25) is 5.43 Å². The molecule has 6 nitrogen and oxygen atoms in total. The minimum Gasteiger partial charge on any atom is -0.478 e. The van der Waals surface area contributed by atoms with E-state index in [2.05, 4.69) is 0 Å². The third-order valence-electron chi connectivity index (χ3n) is 4.40. The van der Waals surface area contributed by atoms with E-state index in [1.165, 1.54) is 30.3 Å². The number of benzene rings is 2. The van der Waals surface area contributed by atoms with Gasteiger partial charge in [-0.1, -0.05) is 6.92 Å². The molecule has 1 N–H and O–H groups in total. The quantitative estimate of drug-likeness (QED) is 0.703. The van der Waals surface area contributed by atoms with E-state index in [0.29, 0.717) is 17.6 Å². The van der Waals surface area contributed by atoms with Gasteiger partial charge in [-0.25, -0.2) is 13.2 Å². The Morgan fingerprint density at radius 2 is 1.85 bits per heavy atom. The van der Waals surface area contributed by atoms with Crippen molar-refractivity contribution < 1.29 is 22.7 Å². The van der Waals surface area contributed by atoms with E-state index in [-0.39, 0.29) is 26.8 Å². The van der Waals surface area contributed by atoms with Gasteiger partial charge in [-0.2, -0.15) is 0 Å². The van der Waals surface area contributed by atoms with Crippen LogP contribution in [0.15, 0.2) is 44.4 Å². The zero-order valence-corrected chi connectivity index (χ0v) is 15.4. The number of carboxylic acids is 1. The van der Waals surface area contributed by atoms with Crippen molar-refractivity contribution in [3.8, 4) is 0 Å². The summed E-state index contributed by atoms with van der Waals surface area (Å²) in [5, 5.41) is 8.75. The molecule has 0 saturated heterocycles. The molecule has 0 amide bonds. The molecule has 7 heteroatoms. The fourth-order valence-corrected chi connectivity index (χ4v) is 3.97. The first-order chi connectivity index (χ1) is 12.2. The molecule has 26 heavy (non-hydrogen) atoms. The number of hydrogen-bond donors (Lipinski definition) is 1. The summed E-state index contributed by atoms with van der Waals surface area (Å²) < 4.78 is 30.9. The van der Waals surface area contributed by atoms with Crippen LogP contribution in [-0.4, -0.2) is 24.7 Å². The van der Waals surface area contributed by atoms with E-state index in [4.69, 9.17) is 9.52 Å². The standard InChI is InChI=1S/C19H18O6S/c1-4-11-7-13(26(23,24)10(2)3)9-15-17(20)14-8-12(19(21)22)5-6-16(14)25-18(11)15/h5-10H,4H2,1-3H3,(H,21,22). The van der Waals surface area contributed by atoms with Crippen LogP contribution >= 0.6 is 0 Å². The van der Waals surface area contributed by atoms with Crippen LogP contribution in [0, 0.1) is 0 Å². The minimum absolute atomic E-state index is 0.0363. The lowest BCUT2D eigenvalue weighted by atomic mass is 10.1. The lowest BCUT2D eigenvalue weighted by Gasteiger charge is -2.12. The number of carboxylic acid groups (broad SMARTS) is 1. The fraction of sp³-hybridized carbons (Fsp3) is 0.263. The molecule has 0 aliphatic heterocycles. The van der Waals surface area contributed by atoms with Gasteiger partial charge < -0.3 is 9.52 Å². The lowest BCUT2D eigenvalue weighted by Crippen LogP contribution is -2.15. The summed E-state index contributed by atoms with van der Waals surface area (Å²) in [7, 11) is -3.57. The van der Waals surface area contributed by atoms with Crippen LogP contribution in [0.2, 0.25) is 0 Å². The summed E-state index contributed by atoms with van der Waals surface area (Å²) in [5.74, 6) is -1.16. The van der Waals surface area contributed by atoms with Crippen LogP contribution in [0.4, 0.5) is 0 Å². The van der Waals surface area contributed by atoms with Crippen LogP contribution in [0.25, 0.3) is 21.9 Å². The van der Waals surface area contributed by atoms with E-state index < -0.39 is 26.5 Å². The first kappa shape index (κ1) is 18.1. The Morgan fingerprint density at radius 3 is 2.42 bits per heavy atom. The second kappa shape index (κ2) is 6.25. The molecule has 1 aromatic heterocycles. The molecule has 1 heterocycles. The second-order valence-corrected chi connectivity index (χ2v) is 8.86. The van der Waals surface area contributed by atoms with Gasteiger partial charge >= 0.3 is 5.97 Å². The van der Waals surface area contributed by atoms with Crippen molar-refractivity contribution in [3.05, 3.63) is 51.7 Å². The van der Waals surface area contributed by atoms with Crippen molar-refractivity contribution in [3.63, 3.8) is 0 Å².